The second-order valence-corrected chi connectivity index (χ2v) is 7.52. The van der Waals surface area contributed by atoms with E-state index < -0.39 is 0 Å². The summed E-state index contributed by atoms with van der Waals surface area (Å²) in [4.78, 5) is 16.8. The molecule has 5 heteroatoms. The van der Waals surface area contributed by atoms with Gasteiger partial charge in [-0.15, -0.1) is 0 Å². The third-order valence-corrected chi connectivity index (χ3v) is 5.33. The molecule has 4 nitrogen and oxygen atoms in total. The minimum absolute atomic E-state index is 0.00341. The van der Waals surface area contributed by atoms with Crippen LogP contribution in [-0.4, -0.2) is 43.5 Å². The molecule has 1 atom stereocenters. The molecular formula is C23H30FN3O. The number of nitrogens with one attached hydrogen (secondary N) is 1. The van der Waals surface area contributed by atoms with E-state index in [0.29, 0.717) is 6.54 Å². The highest BCUT2D eigenvalue weighted by molar-refractivity contribution is 5.78. The van der Waals surface area contributed by atoms with E-state index in [-0.39, 0.29) is 17.8 Å². The lowest BCUT2D eigenvalue weighted by molar-refractivity contribution is -0.123. The molecule has 1 heterocycles. The Balaban J connectivity index is 1.44. The Labute approximate surface area is 167 Å². The number of anilines is 1. The first-order valence-electron chi connectivity index (χ1n) is 10.2. The number of carbonyl (C=O) groups is 1. The van der Waals surface area contributed by atoms with Gasteiger partial charge in [0.15, 0.2) is 0 Å². The molecule has 0 unspecified atom stereocenters. The fraction of sp³-hybridized carbons (Fsp3) is 0.435. The SMILES string of the molecule is CCCc1ccc([C@@H](C)NC(=O)CN2CCN(c3ccc(F)cc3)CC2)cc1. The van der Waals surface area contributed by atoms with Crippen LogP contribution in [0.5, 0.6) is 0 Å². The summed E-state index contributed by atoms with van der Waals surface area (Å²) < 4.78 is 13.1. The largest absolute Gasteiger partial charge is 0.369 e. The average Bonchev–Trinajstić information content (AvgIpc) is 2.70. The van der Waals surface area contributed by atoms with E-state index in [1.807, 2.05) is 19.1 Å². The molecule has 0 spiro atoms. The third-order valence-electron chi connectivity index (χ3n) is 5.33. The summed E-state index contributed by atoms with van der Waals surface area (Å²) in [5.74, 6) is -0.159. The molecule has 1 saturated heterocycles. The van der Waals surface area contributed by atoms with Crippen molar-refractivity contribution in [3.63, 3.8) is 0 Å². The lowest BCUT2D eigenvalue weighted by Crippen LogP contribution is -2.49. The van der Waals surface area contributed by atoms with Gasteiger partial charge in [-0.05, 0) is 48.7 Å². The fourth-order valence-electron chi connectivity index (χ4n) is 3.65. The maximum absolute atomic E-state index is 13.1. The highest BCUT2D eigenvalue weighted by Gasteiger charge is 2.20. The smallest absolute Gasteiger partial charge is 0.234 e. The minimum atomic E-state index is -0.215. The Morgan fingerprint density at radius 2 is 1.68 bits per heavy atom. The average molecular weight is 384 g/mol. The van der Waals surface area contributed by atoms with E-state index in [9.17, 15) is 9.18 Å². The summed E-state index contributed by atoms with van der Waals surface area (Å²) in [6, 6.07) is 15.1. The lowest BCUT2D eigenvalue weighted by atomic mass is 10.0. The number of halogens is 1. The quantitative estimate of drug-likeness (QED) is 0.790. The molecule has 0 radical (unpaired) electrons. The van der Waals surface area contributed by atoms with Crippen molar-refractivity contribution in [1.29, 1.82) is 0 Å². The van der Waals surface area contributed by atoms with Crippen LogP contribution < -0.4 is 10.2 Å². The van der Waals surface area contributed by atoms with E-state index in [4.69, 9.17) is 0 Å². The number of benzene rings is 2. The monoisotopic (exact) mass is 383 g/mol. The molecule has 0 aromatic heterocycles. The van der Waals surface area contributed by atoms with Gasteiger partial charge >= 0.3 is 0 Å². The molecule has 1 aliphatic rings. The molecular weight excluding hydrogens is 353 g/mol. The van der Waals surface area contributed by atoms with Crippen LogP contribution in [-0.2, 0) is 11.2 Å². The third kappa shape index (κ3) is 5.55. The van der Waals surface area contributed by atoms with Crippen LogP contribution in [0.2, 0.25) is 0 Å². The van der Waals surface area contributed by atoms with Crippen LogP contribution in [0.3, 0.4) is 0 Å². The summed E-state index contributed by atoms with van der Waals surface area (Å²) in [6.45, 7) is 7.95. The van der Waals surface area contributed by atoms with Crippen molar-refractivity contribution in [3.05, 3.63) is 65.5 Å². The van der Waals surface area contributed by atoms with Gasteiger partial charge in [0.25, 0.3) is 0 Å². The predicted octanol–water partition coefficient (Wildman–Crippen LogP) is 3.78. The summed E-state index contributed by atoms with van der Waals surface area (Å²) in [6.07, 6.45) is 2.23. The normalized spacial score (nSPS) is 16.0. The van der Waals surface area contributed by atoms with Crippen molar-refractivity contribution in [2.45, 2.75) is 32.7 Å². The molecule has 2 aromatic rings. The van der Waals surface area contributed by atoms with E-state index in [1.165, 1.54) is 17.7 Å². The first-order chi connectivity index (χ1) is 13.5. The maximum Gasteiger partial charge on any atom is 0.234 e. The van der Waals surface area contributed by atoms with Gasteiger partial charge in [-0.25, -0.2) is 4.39 Å². The van der Waals surface area contributed by atoms with Gasteiger partial charge < -0.3 is 10.2 Å². The van der Waals surface area contributed by atoms with Crippen LogP contribution in [0.25, 0.3) is 0 Å². The Kier molecular flexibility index (Phi) is 7.04. The molecule has 1 N–H and O–H groups in total. The van der Waals surface area contributed by atoms with E-state index in [2.05, 4.69) is 46.3 Å². The number of hydrogen-bond acceptors (Lipinski definition) is 3. The van der Waals surface area contributed by atoms with E-state index in [1.54, 1.807) is 0 Å². The summed E-state index contributed by atoms with van der Waals surface area (Å²) in [7, 11) is 0. The Morgan fingerprint density at radius 1 is 1.04 bits per heavy atom. The van der Waals surface area contributed by atoms with Crippen molar-refractivity contribution in [1.82, 2.24) is 10.2 Å². The standard InChI is InChI=1S/C23H30FN3O/c1-3-4-19-5-7-20(8-6-19)18(2)25-23(28)17-26-13-15-27(16-14-26)22-11-9-21(24)10-12-22/h5-12,18H,3-4,13-17H2,1-2H3,(H,25,28)/t18-/m1/s1. The van der Waals surface area contributed by atoms with Crippen LogP contribution in [0, 0.1) is 5.82 Å². The molecule has 1 fully saturated rings. The van der Waals surface area contributed by atoms with Crippen LogP contribution in [0.15, 0.2) is 48.5 Å². The van der Waals surface area contributed by atoms with Gasteiger partial charge in [-0.2, -0.15) is 0 Å². The molecule has 1 amide bonds. The summed E-state index contributed by atoms with van der Waals surface area (Å²) in [5.41, 5.74) is 3.50. The number of carbonyl (C=O) groups excluding carboxylic acids is 1. The number of aryl methyl sites for hydroxylation is 1. The topological polar surface area (TPSA) is 35.6 Å². The molecule has 0 aliphatic carbocycles. The molecule has 28 heavy (non-hydrogen) atoms. The predicted molar refractivity (Wildman–Crippen MR) is 112 cm³/mol. The maximum atomic E-state index is 13.1. The van der Waals surface area contributed by atoms with E-state index >= 15 is 0 Å². The van der Waals surface area contributed by atoms with Gasteiger partial charge in [0, 0.05) is 31.9 Å². The second kappa shape index (κ2) is 9.69. The highest BCUT2D eigenvalue weighted by atomic mass is 19.1. The Bertz CT molecular complexity index is 752. The Morgan fingerprint density at radius 3 is 2.29 bits per heavy atom. The van der Waals surface area contributed by atoms with Gasteiger partial charge in [0.1, 0.15) is 5.82 Å². The summed E-state index contributed by atoms with van der Waals surface area (Å²) in [5, 5.41) is 3.11. The molecule has 2 aromatic carbocycles. The zero-order chi connectivity index (χ0) is 19.9. The van der Waals surface area contributed by atoms with Crippen molar-refractivity contribution in [2.24, 2.45) is 0 Å². The number of amides is 1. The van der Waals surface area contributed by atoms with Gasteiger partial charge in [0.2, 0.25) is 5.91 Å². The number of piperazine rings is 1. The highest BCUT2D eigenvalue weighted by Crippen LogP contribution is 2.17. The van der Waals surface area contributed by atoms with Gasteiger partial charge in [-0.3, -0.25) is 9.69 Å². The fourth-order valence-corrected chi connectivity index (χ4v) is 3.65. The first kappa shape index (κ1) is 20.3. The molecule has 150 valence electrons. The van der Waals surface area contributed by atoms with Crippen LogP contribution in [0.1, 0.15) is 37.4 Å². The number of rotatable bonds is 7. The first-order valence-corrected chi connectivity index (χ1v) is 10.2. The van der Waals surface area contributed by atoms with Crippen LogP contribution >= 0.6 is 0 Å². The molecule has 3 rings (SSSR count). The van der Waals surface area contributed by atoms with Crippen molar-refractivity contribution in [2.75, 3.05) is 37.6 Å². The molecule has 0 bridgehead atoms. The Hall–Kier alpha value is -2.40. The number of nitrogens with zero attached hydrogens (tertiary/aromatic N) is 2. The lowest BCUT2D eigenvalue weighted by Gasteiger charge is -2.35. The molecule has 1 aliphatic heterocycles. The van der Waals surface area contributed by atoms with Gasteiger partial charge in [0.05, 0.1) is 12.6 Å². The minimum Gasteiger partial charge on any atom is -0.369 e. The van der Waals surface area contributed by atoms with Crippen molar-refractivity contribution >= 4 is 11.6 Å². The van der Waals surface area contributed by atoms with Gasteiger partial charge in [-0.1, -0.05) is 37.6 Å². The molecule has 0 saturated carbocycles. The second-order valence-electron chi connectivity index (χ2n) is 7.52. The van der Waals surface area contributed by atoms with E-state index in [0.717, 1.165) is 50.3 Å². The summed E-state index contributed by atoms with van der Waals surface area (Å²) >= 11 is 0. The van der Waals surface area contributed by atoms with Crippen molar-refractivity contribution in [3.8, 4) is 0 Å². The zero-order valence-electron chi connectivity index (χ0n) is 16.8. The van der Waals surface area contributed by atoms with Crippen molar-refractivity contribution < 1.29 is 9.18 Å². The number of hydrogen-bond donors (Lipinski definition) is 1. The zero-order valence-corrected chi connectivity index (χ0v) is 16.8. The van der Waals surface area contributed by atoms with Crippen LogP contribution in [0.4, 0.5) is 10.1 Å².